The molecule has 4 nitrogen and oxygen atoms in total. The Labute approximate surface area is 127 Å². The van der Waals surface area contributed by atoms with Crippen LogP contribution in [0.1, 0.15) is 46.5 Å². The molecule has 4 heteroatoms. The van der Waals surface area contributed by atoms with Gasteiger partial charge in [-0.15, -0.1) is 0 Å². The quantitative estimate of drug-likeness (QED) is 0.781. The number of nitrogens with one attached hydrogen (secondary N) is 2. The van der Waals surface area contributed by atoms with Crippen LogP contribution in [0.15, 0.2) is 24.3 Å². The number of rotatable bonds is 3. The number of anilines is 2. The molecule has 1 aromatic carbocycles. The van der Waals surface area contributed by atoms with Crippen molar-refractivity contribution >= 4 is 17.4 Å². The maximum Gasteiger partial charge on any atom is 0.316 e. The van der Waals surface area contributed by atoms with Crippen LogP contribution < -0.4 is 16.4 Å². The zero-order valence-electron chi connectivity index (χ0n) is 13.3. The van der Waals surface area contributed by atoms with Crippen molar-refractivity contribution in [3.63, 3.8) is 0 Å². The van der Waals surface area contributed by atoms with E-state index in [4.69, 9.17) is 5.73 Å². The average molecular weight is 289 g/mol. The van der Waals surface area contributed by atoms with Crippen molar-refractivity contribution in [3.8, 4) is 0 Å². The fourth-order valence-corrected chi connectivity index (χ4v) is 3.38. The summed E-state index contributed by atoms with van der Waals surface area (Å²) in [6.07, 6.45) is 5.09. The molecular formula is C17H27N3O. The first kappa shape index (κ1) is 15.7. The van der Waals surface area contributed by atoms with Crippen LogP contribution in [0.4, 0.5) is 16.2 Å². The van der Waals surface area contributed by atoms with Crippen LogP contribution in [-0.2, 0) is 0 Å². The molecule has 2 unspecified atom stereocenters. The van der Waals surface area contributed by atoms with Gasteiger partial charge in [0.25, 0.3) is 0 Å². The minimum Gasteiger partial charge on any atom is -0.382 e. The van der Waals surface area contributed by atoms with E-state index in [1.54, 1.807) is 0 Å². The SMILES string of the molecule is CC(C)(C)C1CCCCC1Nc1cccc(NC(N)=O)c1. The molecule has 4 N–H and O–H groups in total. The highest BCUT2D eigenvalue weighted by molar-refractivity contribution is 5.88. The third-order valence-electron chi connectivity index (χ3n) is 4.36. The Balaban J connectivity index is 2.10. The van der Waals surface area contributed by atoms with Crippen LogP contribution in [0, 0.1) is 11.3 Å². The standard InChI is InChI=1S/C17H27N3O/c1-17(2,3)14-9-4-5-10-15(14)19-12-7-6-8-13(11-12)20-16(18)21/h6-8,11,14-15,19H,4-5,9-10H2,1-3H3,(H3,18,20,21). The van der Waals surface area contributed by atoms with Gasteiger partial charge in [-0.3, -0.25) is 0 Å². The van der Waals surface area contributed by atoms with Gasteiger partial charge >= 0.3 is 6.03 Å². The molecule has 116 valence electrons. The van der Waals surface area contributed by atoms with Gasteiger partial charge in [-0.05, 0) is 42.4 Å². The Morgan fingerprint density at radius 2 is 1.86 bits per heavy atom. The zero-order chi connectivity index (χ0) is 15.5. The highest BCUT2D eigenvalue weighted by Crippen LogP contribution is 2.39. The molecular weight excluding hydrogens is 262 g/mol. The van der Waals surface area contributed by atoms with Gasteiger partial charge in [0.05, 0.1) is 0 Å². The van der Waals surface area contributed by atoms with Gasteiger partial charge in [0, 0.05) is 17.4 Å². The predicted molar refractivity (Wildman–Crippen MR) is 88.5 cm³/mol. The van der Waals surface area contributed by atoms with E-state index in [2.05, 4.69) is 31.4 Å². The molecule has 1 aliphatic carbocycles. The monoisotopic (exact) mass is 289 g/mol. The van der Waals surface area contributed by atoms with Gasteiger partial charge in [-0.1, -0.05) is 39.7 Å². The second kappa shape index (κ2) is 6.37. The summed E-state index contributed by atoms with van der Waals surface area (Å²) in [6, 6.07) is 7.72. The minimum absolute atomic E-state index is 0.307. The first-order valence-corrected chi connectivity index (χ1v) is 7.79. The highest BCUT2D eigenvalue weighted by atomic mass is 16.2. The maximum atomic E-state index is 10.9. The zero-order valence-corrected chi connectivity index (χ0v) is 13.3. The molecule has 0 aromatic heterocycles. The maximum absolute atomic E-state index is 10.9. The molecule has 0 saturated heterocycles. The molecule has 1 aromatic rings. The van der Waals surface area contributed by atoms with Crippen LogP contribution in [-0.4, -0.2) is 12.1 Å². The van der Waals surface area contributed by atoms with Crippen LogP contribution in [0.2, 0.25) is 0 Å². The summed E-state index contributed by atoms with van der Waals surface area (Å²) in [5.74, 6) is 0.666. The van der Waals surface area contributed by atoms with Gasteiger partial charge in [0.1, 0.15) is 0 Å². The van der Waals surface area contributed by atoms with Crippen molar-refractivity contribution < 1.29 is 4.79 Å². The van der Waals surface area contributed by atoms with Crippen LogP contribution in [0.5, 0.6) is 0 Å². The highest BCUT2D eigenvalue weighted by Gasteiger charge is 2.33. The molecule has 1 saturated carbocycles. The molecule has 0 heterocycles. The number of carbonyl (C=O) groups is 1. The predicted octanol–water partition coefficient (Wildman–Crippen LogP) is 4.19. The first-order valence-electron chi connectivity index (χ1n) is 7.79. The number of hydrogen-bond donors (Lipinski definition) is 3. The van der Waals surface area contributed by atoms with E-state index < -0.39 is 6.03 Å². The summed E-state index contributed by atoms with van der Waals surface area (Å²) in [5, 5.41) is 6.28. The van der Waals surface area contributed by atoms with Crippen molar-refractivity contribution in [1.29, 1.82) is 0 Å². The van der Waals surface area contributed by atoms with Crippen molar-refractivity contribution in [2.45, 2.75) is 52.5 Å². The van der Waals surface area contributed by atoms with Crippen molar-refractivity contribution in [3.05, 3.63) is 24.3 Å². The van der Waals surface area contributed by atoms with Gasteiger partial charge in [0.15, 0.2) is 0 Å². The van der Waals surface area contributed by atoms with Crippen molar-refractivity contribution in [2.24, 2.45) is 17.1 Å². The largest absolute Gasteiger partial charge is 0.382 e. The van der Waals surface area contributed by atoms with Gasteiger partial charge in [-0.25, -0.2) is 4.79 Å². The smallest absolute Gasteiger partial charge is 0.316 e. The first-order chi connectivity index (χ1) is 9.86. The summed E-state index contributed by atoms with van der Waals surface area (Å²) in [5.41, 5.74) is 7.25. The summed E-state index contributed by atoms with van der Waals surface area (Å²) in [6.45, 7) is 6.97. The van der Waals surface area contributed by atoms with E-state index >= 15 is 0 Å². The molecule has 1 aliphatic rings. The molecule has 1 fully saturated rings. The average Bonchev–Trinajstić information content (AvgIpc) is 2.37. The summed E-state index contributed by atoms with van der Waals surface area (Å²) in [4.78, 5) is 10.9. The van der Waals surface area contributed by atoms with Gasteiger partial charge in [0.2, 0.25) is 0 Å². The Morgan fingerprint density at radius 1 is 1.19 bits per heavy atom. The fraction of sp³-hybridized carbons (Fsp3) is 0.588. The Kier molecular flexibility index (Phi) is 4.76. The van der Waals surface area contributed by atoms with Crippen molar-refractivity contribution in [1.82, 2.24) is 0 Å². The topological polar surface area (TPSA) is 67.2 Å². The number of carbonyl (C=O) groups excluding carboxylic acids is 1. The number of hydrogen-bond acceptors (Lipinski definition) is 2. The minimum atomic E-state index is -0.530. The van der Waals surface area contributed by atoms with E-state index in [-0.39, 0.29) is 0 Å². The molecule has 2 atom stereocenters. The number of benzene rings is 1. The summed E-state index contributed by atoms with van der Waals surface area (Å²) < 4.78 is 0. The van der Waals surface area contributed by atoms with Crippen LogP contribution in [0.25, 0.3) is 0 Å². The second-order valence-corrected chi connectivity index (χ2v) is 7.08. The lowest BCUT2D eigenvalue weighted by Gasteiger charge is -2.41. The lowest BCUT2D eigenvalue weighted by Crippen LogP contribution is -2.39. The molecule has 0 spiro atoms. The van der Waals surface area contributed by atoms with Crippen LogP contribution >= 0.6 is 0 Å². The third kappa shape index (κ3) is 4.38. The lowest BCUT2D eigenvalue weighted by molar-refractivity contribution is 0.163. The molecule has 0 aliphatic heterocycles. The van der Waals surface area contributed by atoms with Gasteiger partial charge in [-0.2, -0.15) is 0 Å². The third-order valence-corrected chi connectivity index (χ3v) is 4.36. The lowest BCUT2D eigenvalue weighted by atomic mass is 9.69. The Bertz CT molecular complexity index is 493. The number of urea groups is 1. The van der Waals surface area contributed by atoms with Gasteiger partial charge < -0.3 is 16.4 Å². The van der Waals surface area contributed by atoms with E-state index in [1.165, 1.54) is 25.7 Å². The van der Waals surface area contributed by atoms with E-state index in [9.17, 15) is 4.79 Å². The number of primary amides is 1. The van der Waals surface area contributed by atoms with E-state index in [0.717, 1.165) is 11.4 Å². The molecule has 21 heavy (non-hydrogen) atoms. The fourth-order valence-electron chi connectivity index (χ4n) is 3.38. The Hall–Kier alpha value is -1.71. The molecule has 2 amide bonds. The number of nitrogens with two attached hydrogens (primary N) is 1. The molecule has 0 bridgehead atoms. The second-order valence-electron chi connectivity index (χ2n) is 7.08. The Morgan fingerprint density at radius 3 is 2.52 bits per heavy atom. The number of amides is 2. The van der Waals surface area contributed by atoms with Crippen LogP contribution in [0.3, 0.4) is 0 Å². The summed E-state index contributed by atoms with van der Waals surface area (Å²) >= 11 is 0. The van der Waals surface area contributed by atoms with E-state index in [1.807, 2.05) is 24.3 Å². The normalized spacial score (nSPS) is 22.6. The summed E-state index contributed by atoms with van der Waals surface area (Å²) in [7, 11) is 0. The van der Waals surface area contributed by atoms with E-state index in [0.29, 0.717) is 17.4 Å². The molecule has 0 radical (unpaired) electrons. The molecule has 2 rings (SSSR count). The van der Waals surface area contributed by atoms with Crippen molar-refractivity contribution in [2.75, 3.05) is 10.6 Å².